The predicted molar refractivity (Wildman–Crippen MR) is 107 cm³/mol. The lowest BCUT2D eigenvalue weighted by Crippen LogP contribution is -2.46. The number of unbranched alkanes of at least 4 members (excludes halogenated alkanes) is 1. The maximum absolute atomic E-state index is 6.23. The lowest BCUT2D eigenvalue weighted by atomic mass is 9.93. The van der Waals surface area contributed by atoms with Gasteiger partial charge in [0.1, 0.15) is 17.1 Å². The minimum atomic E-state index is -0.0826. The van der Waals surface area contributed by atoms with Crippen molar-refractivity contribution in [3.05, 3.63) is 59.6 Å². The van der Waals surface area contributed by atoms with Crippen molar-refractivity contribution in [2.24, 2.45) is 0 Å². The fourth-order valence-corrected chi connectivity index (χ4v) is 3.41. The molecule has 0 spiro atoms. The van der Waals surface area contributed by atoms with Gasteiger partial charge in [-0.2, -0.15) is 0 Å². The van der Waals surface area contributed by atoms with Crippen LogP contribution in [-0.2, 0) is 0 Å². The highest BCUT2D eigenvalue weighted by molar-refractivity contribution is 6.30. The normalized spacial score (nSPS) is 17.0. The Morgan fingerprint density at radius 1 is 0.923 bits per heavy atom. The molecule has 0 N–H and O–H groups in total. The summed E-state index contributed by atoms with van der Waals surface area (Å²) in [4.78, 5) is 2.54. The molecule has 0 amide bonds. The van der Waals surface area contributed by atoms with Gasteiger partial charge in [-0.25, -0.2) is 0 Å². The number of piperidine rings is 1. The van der Waals surface area contributed by atoms with Crippen molar-refractivity contribution in [2.75, 3.05) is 26.2 Å². The summed E-state index contributed by atoms with van der Waals surface area (Å²) < 4.78 is 12.0. The van der Waals surface area contributed by atoms with E-state index >= 15 is 0 Å². The van der Waals surface area contributed by atoms with E-state index < -0.39 is 0 Å². The third-order valence-electron chi connectivity index (χ3n) is 4.97. The number of para-hydroxylation sites is 1. The molecule has 3 nitrogen and oxygen atoms in total. The van der Waals surface area contributed by atoms with Crippen molar-refractivity contribution < 1.29 is 9.47 Å². The molecule has 140 valence electrons. The third-order valence-corrected chi connectivity index (χ3v) is 5.22. The first kappa shape index (κ1) is 19.1. The lowest BCUT2D eigenvalue weighted by molar-refractivity contribution is 0.0161. The molecule has 1 aliphatic rings. The van der Waals surface area contributed by atoms with Crippen LogP contribution in [0.25, 0.3) is 0 Å². The second-order valence-electron chi connectivity index (χ2n) is 7.22. The summed E-state index contributed by atoms with van der Waals surface area (Å²) in [5.74, 6) is 1.86. The molecule has 0 aliphatic carbocycles. The fourth-order valence-electron chi connectivity index (χ4n) is 3.28. The van der Waals surface area contributed by atoms with Crippen LogP contribution in [0, 0.1) is 0 Å². The van der Waals surface area contributed by atoms with Crippen LogP contribution in [0.5, 0.6) is 11.5 Å². The van der Waals surface area contributed by atoms with Crippen LogP contribution in [0.3, 0.4) is 0 Å². The van der Waals surface area contributed by atoms with Crippen LogP contribution < -0.4 is 9.47 Å². The average molecular weight is 374 g/mol. The number of halogens is 1. The number of rotatable bonds is 8. The van der Waals surface area contributed by atoms with Crippen molar-refractivity contribution in [3.63, 3.8) is 0 Å². The molecule has 2 aromatic rings. The zero-order valence-electron chi connectivity index (χ0n) is 15.5. The summed E-state index contributed by atoms with van der Waals surface area (Å²) in [6.45, 7) is 6.31. The molecule has 3 rings (SSSR count). The van der Waals surface area contributed by atoms with Gasteiger partial charge in [0.25, 0.3) is 0 Å². The van der Waals surface area contributed by atoms with Crippen molar-refractivity contribution >= 4 is 11.6 Å². The zero-order valence-corrected chi connectivity index (χ0v) is 16.3. The van der Waals surface area contributed by atoms with Gasteiger partial charge in [-0.15, -0.1) is 0 Å². The minimum Gasteiger partial charge on any atom is -0.494 e. The Morgan fingerprint density at radius 2 is 1.62 bits per heavy atom. The number of nitrogens with zero attached hydrogens (tertiary/aromatic N) is 1. The Labute approximate surface area is 161 Å². The summed E-state index contributed by atoms with van der Waals surface area (Å²) in [5, 5.41) is 0.744. The molecule has 0 atom stereocenters. The van der Waals surface area contributed by atoms with Crippen molar-refractivity contribution in [1.82, 2.24) is 4.90 Å². The van der Waals surface area contributed by atoms with E-state index in [2.05, 4.69) is 11.8 Å². The van der Waals surface area contributed by atoms with Gasteiger partial charge in [0.2, 0.25) is 0 Å². The van der Waals surface area contributed by atoms with E-state index in [1.54, 1.807) is 0 Å². The van der Waals surface area contributed by atoms with Gasteiger partial charge in [-0.1, -0.05) is 29.8 Å². The second-order valence-corrected chi connectivity index (χ2v) is 7.65. The first-order valence-corrected chi connectivity index (χ1v) is 9.86. The molecule has 0 radical (unpaired) electrons. The summed E-state index contributed by atoms with van der Waals surface area (Å²) in [6, 6.07) is 17.7. The summed E-state index contributed by atoms with van der Waals surface area (Å²) >= 11 is 5.94. The van der Waals surface area contributed by atoms with Gasteiger partial charge in [0.05, 0.1) is 6.61 Å². The first-order valence-electron chi connectivity index (χ1n) is 9.48. The number of ether oxygens (including phenoxy) is 2. The van der Waals surface area contributed by atoms with Gasteiger partial charge in [-0.3, -0.25) is 0 Å². The molecule has 0 aromatic heterocycles. The molecule has 1 fully saturated rings. The maximum atomic E-state index is 6.23. The summed E-state index contributed by atoms with van der Waals surface area (Å²) in [7, 11) is 0. The molecule has 26 heavy (non-hydrogen) atoms. The van der Waals surface area contributed by atoms with E-state index in [1.165, 1.54) is 6.42 Å². The highest BCUT2D eigenvalue weighted by Crippen LogP contribution is 2.29. The molecule has 1 saturated heterocycles. The number of hydrogen-bond acceptors (Lipinski definition) is 3. The Morgan fingerprint density at radius 3 is 2.31 bits per heavy atom. The molecule has 0 bridgehead atoms. The SMILES string of the molecule is CC1(Oc2ccc(Cl)cc2)CCN(CCCCOc2ccccc2)CC1. The van der Waals surface area contributed by atoms with Gasteiger partial charge < -0.3 is 14.4 Å². The zero-order chi connectivity index (χ0) is 18.2. The third kappa shape index (κ3) is 5.93. The molecule has 4 heteroatoms. The minimum absolute atomic E-state index is 0.0826. The standard InChI is InChI=1S/C22H28ClNO2/c1-22(26-21-11-9-19(23)10-12-21)13-16-24(17-14-22)15-5-6-18-25-20-7-3-2-4-8-20/h2-4,7-12H,5-6,13-18H2,1H3. The van der Waals surface area contributed by atoms with Gasteiger partial charge >= 0.3 is 0 Å². The van der Waals surface area contributed by atoms with Crippen LogP contribution >= 0.6 is 11.6 Å². The molecular weight excluding hydrogens is 346 g/mol. The van der Waals surface area contributed by atoms with E-state index in [4.69, 9.17) is 21.1 Å². The fraction of sp³-hybridized carbons (Fsp3) is 0.455. The predicted octanol–water partition coefficient (Wildman–Crippen LogP) is 5.43. The summed E-state index contributed by atoms with van der Waals surface area (Å²) in [5.41, 5.74) is -0.0826. The van der Waals surface area contributed by atoms with Crippen molar-refractivity contribution in [2.45, 2.75) is 38.2 Å². The second kappa shape index (κ2) is 9.29. The molecule has 2 aromatic carbocycles. The van der Waals surface area contributed by atoms with Gasteiger partial charge in [-0.05, 0) is 75.5 Å². The topological polar surface area (TPSA) is 21.7 Å². The monoisotopic (exact) mass is 373 g/mol. The molecular formula is C22H28ClNO2. The maximum Gasteiger partial charge on any atom is 0.120 e. The highest BCUT2D eigenvalue weighted by atomic mass is 35.5. The Kier molecular flexibility index (Phi) is 6.81. The van der Waals surface area contributed by atoms with Crippen molar-refractivity contribution in [1.29, 1.82) is 0 Å². The van der Waals surface area contributed by atoms with Crippen LogP contribution in [0.1, 0.15) is 32.6 Å². The quantitative estimate of drug-likeness (QED) is 0.575. The van der Waals surface area contributed by atoms with Gasteiger partial charge in [0.15, 0.2) is 0 Å². The van der Waals surface area contributed by atoms with Crippen LogP contribution in [0.2, 0.25) is 5.02 Å². The first-order chi connectivity index (χ1) is 12.6. The summed E-state index contributed by atoms with van der Waals surface area (Å²) in [6.07, 6.45) is 4.36. The number of likely N-dealkylation sites (tertiary alicyclic amines) is 1. The molecule has 0 saturated carbocycles. The average Bonchev–Trinajstić information content (AvgIpc) is 2.66. The number of hydrogen-bond donors (Lipinski definition) is 0. The largest absolute Gasteiger partial charge is 0.494 e. The highest BCUT2D eigenvalue weighted by Gasteiger charge is 2.31. The smallest absolute Gasteiger partial charge is 0.120 e. The molecule has 1 heterocycles. The lowest BCUT2D eigenvalue weighted by Gasteiger charge is -2.39. The Bertz CT molecular complexity index is 652. The van der Waals surface area contributed by atoms with E-state index in [-0.39, 0.29) is 5.60 Å². The van der Waals surface area contributed by atoms with Crippen LogP contribution in [-0.4, -0.2) is 36.7 Å². The van der Waals surface area contributed by atoms with E-state index in [0.29, 0.717) is 0 Å². The Balaban J connectivity index is 1.32. The van der Waals surface area contributed by atoms with E-state index in [9.17, 15) is 0 Å². The Hall–Kier alpha value is -1.71. The van der Waals surface area contributed by atoms with Crippen molar-refractivity contribution in [3.8, 4) is 11.5 Å². The number of benzene rings is 2. The van der Waals surface area contributed by atoms with E-state index in [0.717, 1.165) is 62.0 Å². The van der Waals surface area contributed by atoms with Crippen LogP contribution in [0.15, 0.2) is 54.6 Å². The van der Waals surface area contributed by atoms with Crippen LogP contribution in [0.4, 0.5) is 0 Å². The molecule has 1 aliphatic heterocycles. The van der Waals surface area contributed by atoms with Gasteiger partial charge in [0, 0.05) is 18.1 Å². The molecule has 0 unspecified atom stereocenters. The van der Waals surface area contributed by atoms with E-state index in [1.807, 2.05) is 54.6 Å².